The molecule has 3 aromatic carbocycles. The minimum atomic E-state index is -0.617. The third-order valence-electron chi connectivity index (χ3n) is 3.91. The fraction of sp³-hybridized carbons (Fsp3) is 0.0526. The number of hydrogen-bond acceptors (Lipinski definition) is 6. The van der Waals surface area contributed by atoms with Crippen molar-refractivity contribution < 1.29 is 19.6 Å². The number of rotatable bonds is 5. The number of nitrogens with zero attached hydrogens (tertiary/aromatic N) is 2. The van der Waals surface area contributed by atoms with E-state index in [1.165, 1.54) is 25.5 Å². The van der Waals surface area contributed by atoms with Crippen molar-refractivity contribution in [3.05, 3.63) is 75.8 Å². The zero-order valence-electron chi connectivity index (χ0n) is 14.2. The second-order valence-corrected chi connectivity index (χ2v) is 5.60. The average molecular weight is 365 g/mol. The van der Waals surface area contributed by atoms with Crippen LogP contribution in [-0.2, 0) is 0 Å². The van der Waals surface area contributed by atoms with Gasteiger partial charge in [-0.2, -0.15) is 5.10 Å². The second-order valence-electron chi connectivity index (χ2n) is 5.60. The lowest BCUT2D eigenvalue weighted by Crippen LogP contribution is -2.18. The van der Waals surface area contributed by atoms with Crippen LogP contribution in [0.4, 0.5) is 5.69 Å². The fourth-order valence-corrected chi connectivity index (χ4v) is 2.54. The SMILES string of the molecule is COc1cc2ccccc2cc1C(=O)N/N=C\c1ccc([N+](=O)[O-])cc1O. The smallest absolute Gasteiger partial charge is 0.275 e. The maximum absolute atomic E-state index is 12.4. The number of ether oxygens (including phenoxy) is 1. The van der Waals surface area contributed by atoms with Crippen LogP contribution in [0.1, 0.15) is 15.9 Å². The summed E-state index contributed by atoms with van der Waals surface area (Å²) in [5, 5.41) is 26.1. The Kier molecular flexibility index (Phi) is 4.98. The van der Waals surface area contributed by atoms with Gasteiger partial charge in [-0.15, -0.1) is 0 Å². The lowest BCUT2D eigenvalue weighted by molar-refractivity contribution is -0.384. The van der Waals surface area contributed by atoms with Gasteiger partial charge in [-0.3, -0.25) is 14.9 Å². The standard InChI is InChI=1S/C19H15N3O5/c1-27-18-9-13-5-3-2-4-12(13)8-16(18)19(24)21-20-11-14-6-7-15(22(25)26)10-17(14)23/h2-11,23H,1H3,(H,21,24)/b20-11-. The summed E-state index contributed by atoms with van der Waals surface area (Å²) < 4.78 is 5.28. The molecule has 1 amide bonds. The third-order valence-corrected chi connectivity index (χ3v) is 3.91. The van der Waals surface area contributed by atoms with Gasteiger partial charge in [0.25, 0.3) is 11.6 Å². The van der Waals surface area contributed by atoms with Crippen molar-refractivity contribution in [1.29, 1.82) is 0 Å². The molecule has 0 saturated heterocycles. The Bertz CT molecular complexity index is 1060. The van der Waals surface area contributed by atoms with Crippen molar-refractivity contribution in [2.45, 2.75) is 0 Å². The van der Waals surface area contributed by atoms with Gasteiger partial charge in [-0.25, -0.2) is 5.43 Å². The van der Waals surface area contributed by atoms with Crippen LogP contribution in [0.3, 0.4) is 0 Å². The highest BCUT2D eigenvalue weighted by molar-refractivity contribution is 6.02. The summed E-state index contributed by atoms with van der Waals surface area (Å²) in [6.07, 6.45) is 1.20. The molecule has 8 nitrogen and oxygen atoms in total. The van der Waals surface area contributed by atoms with E-state index in [0.717, 1.165) is 16.8 Å². The molecule has 0 saturated carbocycles. The summed E-state index contributed by atoms with van der Waals surface area (Å²) in [5.41, 5.74) is 2.65. The molecule has 0 bridgehead atoms. The topological polar surface area (TPSA) is 114 Å². The van der Waals surface area contributed by atoms with Gasteiger partial charge in [0.05, 0.1) is 29.9 Å². The van der Waals surface area contributed by atoms with Crippen LogP contribution in [0, 0.1) is 10.1 Å². The van der Waals surface area contributed by atoms with E-state index >= 15 is 0 Å². The van der Waals surface area contributed by atoms with E-state index < -0.39 is 10.8 Å². The first kappa shape index (κ1) is 17.9. The molecule has 0 atom stereocenters. The number of methoxy groups -OCH3 is 1. The molecule has 2 N–H and O–H groups in total. The van der Waals surface area contributed by atoms with E-state index in [1.807, 2.05) is 24.3 Å². The number of carbonyl (C=O) groups is 1. The first-order valence-electron chi connectivity index (χ1n) is 7.87. The number of hydrazone groups is 1. The van der Waals surface area contributed by atoms with Crippen LogP contribution >= 0.6 is 0 Å². The lowest BCUT2D eigenvalue weighted by atomic mass is 10.1. The number of nitrogens with one attached hydrogen (secondary N) is 1. The van der Waals surface area contributed by atoms with Crippen LogP contribution in [0.5, 0.6) is 11.5 Å². The molecule has 0 aliphatic heterocycles. The first-order valence-corrected chi connectivity index (χ1v) is 7.87. The number of nitro benzene ring substituents is 1. The molecule has 0 aliphatic rings. The minimum Gasteiger partial charge on any atom is -0.507 e. The summed E-state index contributed by atoms with van der Waals surface area (Å²) in [6, 6.07) is 14.6. The van der Waals surface area contributed by atoms with Crippen molar-refractivity contribution in [3.8, 4) is 11.5 Å². The Morgan fingerprint density at radius 3 is 2.52 bits per heavy atom. The van der Waals surface area contributed by atoms with Crippen LogP contribution < -0.4 is 10.2 Å². The molecular weight excluding hydrogens is 350 g/mol. The van der Waals surface area contributed by atoms with E-state index in [0.29, 0.717) is 11.3 Å². The maximum atomic E-state index is 12.4. The third kappa shape index (κ3) is 3.84. The Hall–Kier alpha value is -3.94. The Morgan fingerprint density at radius 1 is 1.19 bits per heavy atom. The van der Waals surface area contributed by atoms with Gasteiger partial charge < -0.3 is 9.84 Å². The largest absolute Gasteiger partial charge is 0.507 e. The van der Waals surface area contributed by atoms with Gasteiger partial charge in [0.1, 0.15) is 11.5 Å². The van der Waals surface area contributed by atoms with Crippen LogP contribution in [0.2, 0.25) is 0 Å². The minimum absolute atomic E-state index is 0.228. The van der Waals surface area contributed by atoms with Crippen LogP contribution in [0.25, 0.3) is 10.8 Å². The molecular formula is C19H15N3O5. The maximum Gasteiger partial charge on any atom is 0.275 e. The average Bonchev–Trinajstić information content (AvgIpc) is 2.67. The number of non-ortho nitro benzene ring substituents is 1. The van der Waals surface area contributed by atoms with E-state index in [-0.39, 0.29) is 17.0 Å². The summed E-state index contributed by atoms with van der Waals surface area (Å²) in [4.78, 5) is 22.5. The molecule has 136 valence electrons. The summed E-state index contributed by atoms with van der Waals surface area (Å²) in [5.74, 6) is -0.402. The van der Waals surface area contributed by atoms with Crippen molar-refractivity contribution in [3.63, 3.8) is 0 Å². The number of hydrogen-bond donors (Lipinski definition) is 2. The zero-order valence-corrected chi connectivity index (χ0v) is 14.2. The van der Waals surface area contributed by atoms with E-state index in [1.54, 1.807) is 12.1 Å². The van der Waals surface area contributed by atoms with Gasteiger partial charge in [-0.1, -0.05) is 24.3 Å². The number of phenols is 1. The normalized spacial score (nSPS) is 10.9. The van der Waals surface area contributed by atoms with E-state index in [2.05, 4.69) is 10.5 Å². The number of nitro groups is 1. The van der Waals surface area contributed by atoms with E-state index in [9.17, 15) is 20.0 Å². The number of aromatic hydroxyl groups is 1. The van der Waals surface area contributed by atoms with Crippen LogP contribution in [-0.4, -0.2) is 29.3 Å². The van der Waals surface area contributed by atoms with Gasteiger partial charge >= 0.3 is 0 Å². The van der Waals surface area contributed by atoms with Crippen molar-refractivity contribution in [2.75, 3.05) is 7.11 Å². The molecule has 27 heavy (non-hydrogen) atoms. The Labute approximate surface area is 153 Å². The highest BCUT2D eigenvalue weighted by Crippen LogP contribution is 2.26. The number of benzene rings is 3. The number of amides is 1. The van der Waals surface area contributed by atoms with Crippen LogP contribution in [0.15, 0.2) is 59.7 Å². The van der Waals surface area contributed by atoms with Gasteiger partial charge in [0.15, 0.2) is 0 Å². The summed E-state index contributed by atoms with van der Waals surface area (Å²) in [6.45, 7) is 0. The Balaban J connectivity index is 1.80. The Morgan fingerprint density at radius 2 is 1.89 bits per heavy atom. The quantitative estimate of drug-likeness (QED) is 0.409. The molecule has 8 heteroatoms. The lowest BCUT2D eigenvalue weighted by Gasteiger charge is -2.09. The fourth-order valence-electron chi connectivity index (χ4n) is 2.54. The van der Waals surface area contributed by atoms with Crippen molar-refractivity contribution >= 4 is 28.6 Å². The molecule has 0 aliphatic carbocycles. The molecule has 0 unspecified atom stereocenters. The van der Waals surface area contributed by atoms with Gasteiger partial charge in [0, 0.05) is 11.6 Å². The molecule has 0 radical (unpaired) electrons. The number of carbonyl (C=O) groups excluding carboxylic acids is 1. The molecule has 3 aromatic rings. The molecule has 3 rings (SSSR count). The second kappa shape index (κ2) is 7.52. The molecule has 0 heterocycles. The molecule has 0 fully saturated rings. The predicted molar refractivity (Wildman–Crippen MR) is 100 cm³/mol. The summed E-state index contributed by atoms with van der Waals surface area (Å²) >= 11 is 0. The number of phenolic OH excluding ortho intramolecular Hbond substituents is 1. The molecule has 0 aromatic heterocycles. The summed E-state index contributed by atoms with van der Waals surface area (Å²) in [7, 11) is 1.47. The van der Waals surface area contributed by atoms with Gasteiger partial charge in [0.2, 0.25) is 0 Å². The highest BCUT2D eigenvalue weighted by Gasteiger charge is 2.13. The van der Waals surface area contributed by atoms with E-state index in [4.69, 9.17) is 4.74 Å². The van der Waals surface area contributed by atoms with Crippen molar-refractivity contribution in [2.24, 2.45) is 5.10 Å². The number of fused-ring (bicyclic) bond motifs is 1. The predicted octanol–water partition coefficient (Wildman–Crippen LogP) is 3.23. The highest BCUT2D eigenvalue weighted by atomic mass is 16.6. The first-order chi connectivity index (χ1) is 13.0. The molecule has 0 spiro atoms. The van der Waals surface area contributed by atoms with Gasteiger partial charge in [-0.05, 0) is 29.0 Å². The zero-order chi connectivity index (χ0) is 19.4. The monoisotopic (exact) mass is 365 g/mol. The van der Waals surface area contributed by atoms with Crippen molar-refractivity contribution in [1.82, 2.24) is 5.43 Å².